The number of nitrogens with two attached hydrogens (primary N) is 1. The molecular formula is C16H28N2S. The molecule has 0 aromatic carbocycles. The van der Waals surface area contributed by atoms with Crippen molar-refractivity contribution in [3.63, 3.8) is 0 Å². The topological polar surface area (TPSA) is 29.3 Å². The molecule has 0 saturated heterocycles. The minimum absolute atomic E-state index is 0.385. The second-order valence-corrected chi connectivity index (χ2v) is 7.32. The molecule has 1 aromatic heterocycles. The Morgan fingerprint density at radius 1 is 1.37 bits per heavy atom. The zero-order valence-electron chi connectivity index (χ0n) is 12.5. The van der Waals surface area contributed by atoms with Crippen molar-refractivity contribution in [3.05, 3.63) is 22.4 Å². The Morgan fingerprint density at radius 3 is 2.74 bits per heavy atom. The summed E-state index contributed by atoms with van der Waals surface area (Å²) in [5, 5.41) is 2.17. The van der Waals surface area contributed by atoms with Gasteiger partial charge in [-0.1, -0.05) is 26.8 Å². The lowest BCUT2D eigenvalue weighted by Crippen LogP contribution is -2.46. The van der Waals surface area contributed by atoms with Crippen LogP contribution in [0.4, 0.5) is 0 Å². The van der Waals surface area contributed by atoms with Crippen molar-refractivity contribution >= 4 is 11.3 Å². The molecule has 0 aliphatic heterocycles. The van der Waals surface area contributed by atoms with Crippen LogP contribution in [0.1, 0.15) is 38.5 Å². The van der Waals surface area contributed by atoms with E-state index in [0.717, 1.165) is 31.5 Å². The molecule has 108 valence electrons. The van der Waals surface area contributed by atoms with Gasteiger partial charge in [-0.3, -0.25) is 4.90 Å². The summed E-state index contributed by atoms with van der Waals surface area (Å²) in [7, 11) is 0. The molecule has 1 saturated carbocycles. The second-order valence-electron chi connectivity index (χ2n) is 6.29. The summed E-state index contributed by atoms with van der Waals surface area (Å²) < 4.78 is 0. The largest absolute Gasteiger partial charge is 0.327 e. The molecule has 1 aliphatic rings. The number of hydrogen-bond acceptors (Lipinski definition) is 3. The van der Waals surface area contributed by atoms with Crippen molar-refractivity contribution in [1.82, 2.24) is 4.90 Å². The third-order valence-electron chi connectivity index (χ3n) is 4.61. The highest BCUT2D eigenvalue weighted by molar-refractivity contribution is 7.09. The van der Waals surface area contributed by atoms with Crippen molar-refractivity contribution in [3.8, 4) is 0 Å². The van der Waals surface area contributed by atoms with E-state index in [1.165, 1.54) is 17.7 Å². The molecule has 0 spiro atoms. The van der Waals surface area contributed by atoms with E-state index in [2.05, 4.69) is 43.2 Å². The van der Waals surface area contributed by atoms with E-state index in [0.29, 0.717) is 12.0 Å². The van der Waals surface area contributed by atoms with Gasteiger partial charge in [-0.2, -0.15) is 0 Å². The normalized spacial score (nSPS) is 31.8. The third kappa shape index (κ3) is 4.04. The summed E-state index contributed by atoms with van der Waals surface area (Å²) in [5.41, 5.74) is 6.41. The van der Waals surface area contributed by atoms with Crippen LogP contribution in [0.5, 0.6) is 0 Å². The molecule has 0 radical (unpaired) electrons. The average molecular weight is 280 g/mol. The van der Waals surface area contributed by atoms with Crippen LogP contribution < -0.4 is 5.73 Å². The van der Waals surface area contributed by atoms with Gasteiger partial charge in [0, 0.05) is 24.0 Å². The van der Waals surface area contributed by atoms with Crippen molar-refractivity contribution in [1.29, 1.82) is 0 Å². The highest BCUT2D eigenvalue weighted by Gasteiger charge is 2.32. The van der Waals surface area contributed by atoms with E-state index in [1.807, 2.05) is 11.3 Å². The molecule has 2 N–H and O–H groups in total. The van der Waals surface area contributed by atoms with Gasteiger partial charge in [0.1, 0.15) is 0 Å². The fourth-order valence-electron chi connectivity index (χ4n) is 3.51. The first kappa shape index (κ1) is 15.0. The van der Waals surface area contributed by atoms with Crippen molar-refractivity contribution in [2.24, 2.45) is 23.5 Å². The van der Waals surface area contributed by atoms with Crippen molar-refractivity contribution < 1.29 is 0 Å². The lowest BCUT2D eigenvalue weighted by molar-refractivity contribution is 0.117. The number of thiophene rings is 1. The van der Waals surface area contributed by atoms with Crippen molar-refractivity contribution in [2.45, 2.75) is 46.2 Å². The molecular weight excluding hydrogens is 252 g/mol. The van der Waals surface area contributed by atoms with Gasteiger partial charge in [0.15, 0.2) is 0 Å². The summed E-state index contributed by atoms with van der Waals surface area (Å²) in [6.07, 6.45) is 2.54. The first-order valence-electron chi connectivity index (χ1n) is 7.60. The van der Waals surface area contributed by atoms with Gasteiger partial charge in [-0.05, 0) is 48.6 Å². The zero-order chi connectivity index (χ0) is 13.8. The van der Waals surface area contributed by atoms with Crippen LogP contribution in [0.2, 0.25) is 0 Å². The van der Waals surface area contributed by atoms with Gasteiger partial charge < -0.3 is 5.73 Å². The highest BCUT2D eigenvalue weighted by atomic mass is 32.1. The van der Waals surface area contributed by atoms with Crippen LogP contribution in [-0.4, -0.2) is 24.0 Å². The molecule has 4 atom stereocenters. The Labute approximate surface area is 122 Å². The molecule has 0 amide bonds. The molecule has 1 fully saturated rings. The lowest BCUT2D eigenvalue weighted by Gasteiger charge is -2.40. The predicted molar refractivity (Wildman–Crippen MR) is 84.3 cm³/mol. The lowest BCUT2D eigenvalue weighted by atomic mass is 9.72. The van der Waals surface area contributed by atoms with E-state index in [9.17, 15) is 0 Å². The Balaban J connectivity index is 1.93. The van der Waals surface area contributed by atoms with E-state index in [-0.39, 0.29) is 0 Å². The van der Waals surface area contributed by atoms with Crippen LogP contribution in [0.15, 0.2) is 17.5 Å². The van der Waals surface area contributed by atoms with Gasteiger partial charge in [0.05, 0.1) is 0 Å². The van der Waals surface area contributed by atoms with Crippen LogP contribution in [0.3, 0.4) is 0 Å². The summed E-state index contributed by atoms with van der Waals surface area (Å²) >= 11 is 1.86. The molecule has 0 bridgehead atoms. The molecule has 1 aliphatic carbocycles. The number of hydrogen-bond donors (Lipinski definition) is 1. The SMILES string of the molecule is CCN(Cc1cccs1)CC1C(C)CC(C)CC1N. The molecule has 19 heavy (non-hydrogen) atoms. The first-order valence-corrected chi connectivity index (χ1v) is 8.48. The number of rotatable bonds is 5. The maximum atomic E-state index is 6.41. The van der Waals surface area contributed by atoms with Crippen LogP contribution in [0.25, 0.3) is 0 Å². The fraction of sp³-hybridized carbons (Fsp3) is 0.750. The fourth-order valence-corrected chi connectivity index (χ4v) is 4.26. The van der Waals surface area contributed by atoms with Gasteiger partial charge in [0.25, 0.3) is 0 Å². The molecule has 2 nitrogen and oxygen atoms in total. The van der Waals surface area contributed by atoms with Gasteiger partial charge in [-0.15, -0.1) is 11.3 Å². The molecule has 1 heterocycles. The quantitative estimate of drug-likeness (QED) is 0.893. The van der Waals surface area contributed by atoms with E-state index < -0.39 is 0 Å². The Hall–Kier alpha value is -0.380. The van der Waals surface area contributed by atoms with Crippen molar-refractivity contribution in [2.75, 3.05) is 13.1 Å². The van der Waals surface area contributed by atoms with E-state index in [1.54, 1.807) is 0 Å². The molecule has 1 aromatic rings. The highest BCUT2D eigenvalue weighted by Crippen LogP contribution is 2.33. The standard InChI is InChI=1S/C16H28N2S/c1-4-18(10-14-6-5-7-19-14)11-15-13(3)8-12(2)9-16(15)17/h5-7,12-13,15-16H,4,8-11,17H2,1-3H3. The van der Waals surface area contributed by atoms with Crippen LogP contribution in [0, 0.1) is 17.8 Å². The van der Waals surface area contributed by atoms with Gasteiger partial charge >= 0.3 is 0 Å². The molecule has 2 rings (SSSR count). The predicted octanol–water partition coefficient (Wildman–Crippen LogP) is 3.58. The van der Waals surface area contributed by atoms with E-state index in [4.69, 9.17) is 5.73 Å². The third-order valence-corrected chi connectivity index (χ3v) is 5.47. The van der Waals surface area contributed by atoms with Gasteiger partial charge in [-0.25, -0.2) is 0 Å². The Kier molecular flexibility index (Phi) is 5.43. The van der Waals surface area contributed by atoms with Crippen LogP contribution >= 0.6 is 11.3 Å². The summed E-state index contributed by atoms with van der Waals surface area (Å²) in [5.74, 6) is 2.22. The summed E-state index contributed by atoms with van der Waals surface area (Å²) in [6, 6.07) is 4.76. The van der Waals surface area contributed by atoms with Crippen LogP contribution in [-0.2, 0) is 6.54 Å². The maximum absolute atomic E-state index is 6.41. The minimum atomic E-state index is 0.385. The molecule has 3 heteroatoms. The Bertz CT molecular complexity index is 351. The average Bonchev–Trinajstić information content (AvgIpc) is 2.84. The molecule has 4 unspecified atom stereocenters. The monoisotopic (exact) mass is 280 g/mol. The second kappa shape index (κ2) is 6.87. The number of nitrogens with zero attached hydrogens (tertiary/aromatic N) is 1. The van der Waals surface area contributed by atoms with Gasteiger partial charge in [0.2, 0.25) is 0 Å². The first-order chi connectivity index (χ1) is 9.10. The smallest absolute Gasteiger partial charge is 0.0327 e. The zero-order valence-corrected chi connectivity index (χ0v) is 13.3. The maximum Gasteiger partial charge on any atom is 0.0327 e. The minimum Gasteiger partial charge on any atom is -0.327 e. The Morgan fingerprint density at radius 2 is 2.16 bits per heavy atom. The summed E-state index contributed by atoms with van der Waals surface area (Å²) in [4.78, 5) is 4.02. The summed E-state index contributed by atoms with van der Waals surface area (Å²) in [6.45, 7) is 10.3. The van der Waals surface area contributed by atoms with E-state index >= 15 is 0 Å².